The molecule has 2 saturated carbocycles. The monoisotopic (exact) mass is 418 g/mol. The number of esters is 2. The molecule has 3 rings (SSSR count). The van der Waals surface area contributed by atoms with Gasteiger partial charge in [-0.25, -0.2) is 4.79 Å². The maximum Gasteiger partial charge on any atom is 0.337 e. The maximum absolute atomic E-state index is 12.3. The zero-order valence-electron chi connectivity index (χ0n) is 19.4. The van der Waals surface area contributed by atoms with Crippen molar-refractivity contribution in [2.45, 2.75) is 104 Å². The summed E-state index contributed by atoms with van der Waals surface area (Å²) < 4.78 is 10.7. The standard InChI is InChI=1S/C26H42O4/c1-4-6-19-7-9-20(10-8-19)21-11-13-22(14-12-21)23-15-16-24(26(28)29-5-2)25(17-23)30-18(3)27/h19-23H,4-17H2,1-3H3. The van der Waals surface area contributed by atoms with Crippen LogP contribution in [0.25, 0.3) is 0 Å². The van der Waals surface area contributed by atoms with Crippen LogP contribution in [0.5, 0.6) is 0 Å². The lowest BCUT2D eigenvalue weighted by Gasteiger charge is -2.40. The molecule has 3 aliphatic carbocycles. The molecule has 0 radical (unpaired) electrons. The van der Waals surface area contributed by atoms with Gasteiger partial charge in [0.05, 0.1) is 12.2 Å². The molecule has 1 atom stereocenters. The first-order valence-corrected chi connectivity index (χ1v) is 12.6. The Morgan fingerprint density at radius 3 is 1.93 bits per heavy atom. The minimum Gasteiger partial charge on any atom is -0.463 e. The minimum absolute atomic E-state index is 0.311. The lowest BCUT2D eigenvalue weighted by molar-refractivity contribution is -0.140. The first-order valence-electron chi connectivity index (χ1n) is 12.6. The van der Waals surface area contributed by atoms with Crippen LogP contribution in [0.3, 0.4) is 0 Å². The van der Waals surface area contributed by atoms with Crippen molar-refractivity contribution in [1.82, 2.24) is 0 Å². The number of allylic oxidation sites excluding steroid dienone is 1. The molecule has 4 heteroatoms. The first kappa shape index (κ1) is 23.3. The Morgan fingerprint density at radius 2 is 1.40 bits per heavy atom. The number of rotatable bonds is 7. The van der Waals surface area contributed by atoms with Gasteiger partial charge in [-0.1, -0.05) is 32.6 Å². The van der Waals surface area contributed by atoms with Crippen molar-refractivity contribution >= 4 is 11.9 Å². The van der Waals surface area contributed by atoms with Gasteiger partial charge in [0.25, 0.3) is 0 Å². The van der Waals surface area contributed by atoms with Crippen molar-refractivity contribution in [3.63, 3.8) is 0 Å². The van der Waals surface area contributed by atoms with E-state index in [0.717, 1.165) is 24.2 Å². The maximum atomic E-state index is 12.3. The van der Waals surface area contributed by atoms with Crippen LogP contribution in [0.4, 0.5) is 0 Å². The average Bonchev–Trinajstić information content (AvgIpc) is 2.74. The van der Waals surface area contributed by atoms with Crippen LogP contribution >= 0.6 is 0 Å². The second-order valence-corrected chi connectivity index (χ2v) is 9.96. The highest BCUT2D eigenvalue weighted by atomic mass is 16.5. The first-order chi connectivity index (χ1) is 14.5. The number of hydrogen-bond acceptors (Lipinski definition) is 4. The van der Waals surface area contributed by atoms with E-state index in [-0.39, 0.29) is 11.9 Å². The van der Waals surface area contributed by atoms with E-state index in [9.17, 15) is 9.59 Å². The minimum atomic E-state index is -0.338. The molecule has 0 N–H and O–H groups in total. The summed E-state index contributed by atoms with van der Waals surface area (Å²) in [5, 5.41) is 0. The predicted molar refractivity (Wildman–Crippen MR) is 119 cm³/mol. The molecule has 30 heavy (non-hydrogen) atoms. The van der Waals surface area contributed by atoms with Crippen LogP contribution in [0.15, 0.2) is 11.3 Å². The van der Waals surface area contributed by atoms with Gasteiger partial charge in [0, 0.05) is 13.3 Å². The van der Waals surface area contributed by atoms with Gasteiger partial charge in [-0.15, -0.1) is 0 Å². The average molecular weight is 419 g/mol. The third-order valence-corrected chi connectivity index (χ3v) is 8.08. The molecule has 0 saturated heterocycles. The number of carbonyl (C=O) groups is 2. The van der Waals surface area contributed by atoms with Gasteiger partial charge in [-0.05, 0) is 87.9 Å². The largest absolute Gasteiger partial charge is 0.463 e. The van der Waals surface area contributed by atoms with Gasteiger partial charge >= 0.3 is 11.9 Å². The molecule has 0 bridgehead atoms. The number of carbonyl (C=O) groups excluding carboxylic acids is 2. The van der Waals surface area contributed by atoms with Crippen molar-refractivity contribution in [3.05, 3.63) is 11.3 Å². The number of ether oxygens (including phenoxy) is 2. The van der Waals surface area contributed by atoms with E-state index >= 15 is 0 Å². The summed E-state index contributed by atoms with van der Waals surface area (Å²) in [6, 6.07) is 0. The molecule has 0 heterocycles. The molecule has 0 aromatic heterocycles. The molecule has 0 amide bonds. The SMILES string of the molecule is CCCC1CCC(C2CCC(C3CCC(C(=O)OCC)=C(OC(C)=O)C3)CC2)CC1. The highest BCUT2D eigenvalue weighted by molar-refractivity contribution is 5.89. The summed E-state index contributed by atoms with van der Waals surface area (Å²) in [4.78, 5) is 23.9. The molecule has 170 valence electrons. The van der Waals surface area contributed by atoms with Crippen molar-refractivity contribution in [1.29, 1.82) is 0 Å². The van der Waals surface area contributed by atoms with E-state index in [1.807, 2.05) is 6.92 Å². The Hall–Kier alpha value is -1.32. The van der Waals surface area contributed by atoms with Crippen LogP contribution in [-0.4, -0.2) is 18.5 Å². The van der Waals surface area contributed by atoms with Gasteiger partial charge in [0.1, 0.15) is 5.76 Å². The summed E-state index contributed by atoms with van der Waals surface area (Å²) in [6.45, 7) is 5.89. The van der Waals surface area contributed by atoms with Gasteiger partial charge < -0.3 is 9.47 Å². The van der Waals surface area contributed by atoms with Gasteiger partial charge in [0.15, 0.2) is 0 Å². The van der Waals surface area contributed by atoms with Crippen LogP contribution in [0.2, 0.25) is 0 Å². The number of hydrogen-bond donors (Lipinski definition) is 0. The molecule has 0 aromatic rings. The van der Waals surface area contributed by atoms with E-state index in [4.69, 9.17) is 9.47 Å². The highest BCUT2D eigenvalue weighted by Gasteiger charge is 2.36. The molecule has 2 fully saturated rings. The van der Waals surface area contributed by atoms with Crippen molar-refractivity contribution in [2.75, 3.05) is 6.61 Å². The van der Waals surface area contributed by atoms with Crippen molar-refractivity contribution in [2.24, 2.45) is 29.6 Å². The van der Waals surface area contributed by atoms with Crippen LogP contribution in [0.1, 0.15) is 104 Å². The van der Waals surface area contributed by atoms with Crippen molar-refractivity contribution < 1.29 is 19.1 Å². The predicted octanol–water partition coefficient (Wildman–Crippen LogP) is 6.58. The molecule has 0 aliphatic heterocycles. The molecule has 0 aromatic carbocycles. The van der Waals surface area contributed by atoms with Gasteiger partial charge in [0.2, 0.25) is 0 Å². The Labute approximate surface area is 183 Å². The molecular weight excluding hydrogens is 376 g/mol. The summed E-state index contributed by atoms with van der Waals surface area (Å²) in [5.74, 6) is 4.02. The fraction of sp³-hybridized carbons (Fsp3) is 0.846. The zero-order valence-corrected chi connectivity index (χ0v) is 19.4. The second kappa shape index (κ2) is 11.3. The Morgan fingerprint density at radius 1 is 0.833 bits per heavy atom. The fourth-order valence-electron chi connectivity index (χ4n) is 6.49. The summed E-state index contributed by atoms with van der Waals surface area (Å²) in [6.07, 6.45) is 16.3. The van der Waals surface area contributed by atoms with E-state index in [1.54, 1.807) is 0 Å². The quantitative estimate of drug-likeness (QED) is 0.438. The van der Waals surface area contributed by atoms with E-state index in [2.05, 4.69) is 6.92 Å². The molecule has 3 aliphatic rings. The third-order valence-electron chi connectivity index (χ3n) is 8.08. The van der Waals surface area contributed by atoms with Crippen molar-refractivity contribution in [3.8, 4) is 0 Å². The highest BCUT2D eigenvalue weighted by Crippen LogP contribution is 2.46. The third kappa shape index (κ3) is 6.11. The molecular formula is C26H42O4. The zero-order chi connectivity index (χ0) is 21.5. The van der Waals surface area contributed by atoms with Gasteiger partial charge in [-0.2, -0.15) is 0 Å². The topological polar surface area (TPSA) is 52.6 Å². The lowest BCUT2D eigenvalue weighted by atomic mass is 9.65. The second-order valence-electron chi connectivity index (χ2n) is 9.96. The molecule has 0 spiro atoms. The Balaban J connectivity index is 1.52. The van der Waals surface area contributed by atoms with Crippen LogP contribution in [0, 0.1) is 29.6 Å². The lowest BCUT2D eigenvalue weighted by Crippen LogP contribution is -2.30. The van der Waals surface area contributed by atoms with Gasteiger partial charge in [-0.3, -0.25) is 4.79 Å². The Bertz CT molecular complexity index is 607. The van der Waals surface area contributed by atoms with Crippen LogP contribution < -0.4 is 0 Å². The molecule has 1 unspecified atom stereocenters. The van der Waals surface area contributed by atoms with E-state index < -0.39 is 0 Å². The van der Waals surface area contributed by atoms with E-state index in [1.165, 1.54) is 71.1 Å². The normalized spacial score (nSPS) is 32.6. The van der Waals surface area contributed by atoms with E-state index in [0.29, 0.717) is 42.6 Å². The van der Waals surface area contributed by atoms with Crippen LogP contribution in [-0.2, 0) is 19.1 Å². The summed E-state index contributed by atoms with van der Waals surface area (Å²) >= 11 is 0. The molecule has 4 nitrogen and oxygen atoms in total. The smallest absolute Gasteiger partial charge is 0.337 e. The fourth-order valence-corrected chi connectivity index (χ4v) is 6.49. The summed E-state index contributed by atoms with van der Waals surface area (Å²) in [5.41, 5.74) is 0.584. The summed E-state index contributed by atoms with van der Waals surface area (Å²) in [7, 11) is 0. The Kier molecular flexibility index (Phi) is 8.83.